The molecule has 2 atom stereocenters. The fourth-order valence-corrected chi connectivity index (χ4v) is 0.903. The van der Waals surface area contributed by atoms with Gasteiger partial charge in [0.15, 0.2) is 12.2 Å². The second-order valence-electron chi connectivity index (χ2n) is 2.99. The van der Waals surface area contributed by atoms with Gasteiger partial charge in [-0.2, -0.15) is 0 Å². The number of aliphatic carboxylic acids is 4. The summed E-state index contributed by atoms with van der Waals surface area (Å²) in [5, 5.41) is 33.8. The summed E-state index contributed by atoms with van der Waals surface area (Å²) in [6.07, 6.45) is -5.74. The van der Waals surface area contributed by atoms with Crippen molar-refractivity contribution in [1.82, 2.24) is 0 Å². The van der Waals surface area contributed by atoms with Crippen molar-refractivity contribution in [2.45, 2.75) is 25.0 Å². The van der Waals surface area contributed by atoms with Gasteiger partial charge in [0.2, 0.25) is 0 Å². The van der Waals surface area contributed by atoms with Crippen LogP contribution in [0.1, 0.15) is 12.8 Å². The van der Waals surface area contributed by atoms with Crippen LogP contribution in [0.5, 0.6) is 0 Å². The predicted octanol–water partition coefficient (Wildman–Crippen LogP) is -4.14. The molecule has 18 heavy (non-hydrogen) atoms. The van der Waals surface area contributed by atoms with Crippen molar-refractivity contribution in [3.05, 3.63) is 0 Å². The normalized spacial score (nSPS) is 12.9. The smallest absolute Gasteiger partial charge is 0.481 e. The topological polar surface area (TPSA) is 158 Å². The molecule has 0 aliphatic carbocycles. The van der Waals surface area contributed by atoms with Crippen LogP contribution >= 0.6 is 0 Å². The van der Waals surface area contributed by atoms with Crippen LogP contribution in [0.4, 0.5) is 0 Å². The number of ether oxygens (including phenoxy) is 1. The van der Waals surface area contributed by atoms with Crippen molar-refractivity contribution in [3.63, 3.8) is 0 Å². The van der Waals surface area contributed by atoms with Gasteiger partial charge in [0, 0.05) is 0 Å². The first-order valence-electron chi connectivity index (χ1n) is 4.28. The number of carboxylic acids is 4. The molecule has 0 spiro atoms. The summed E-state index contributed by atoms with van der Waals surface area (Å²) < 4.78 is 4.43. The first kappa shape index (κ1) is 19.2. The Balaban J connectivity index is 0. The van der Waals surface area contributed by atoms with Gasteiger partial charge in [-0.3, -0.25) is 9.59 Å². The summed E-state index contributed by atoms with van der Waals surface area (Å²) in [5.74, 6) is -6.36. The van der Waals surface area contributed by atoms with Crippen LogP contribution in [-0.2, 0) is 23.9 Å². The number of hydrogen-bond acceptors (Lipinski definition) is 5. The molecule has 0 rings (SSSR count). The molecule has 96 valence electrons. The van der Waals surface area contributed by atoms with E-state index in [1.54, 1.807) is 0 Å². The molecule has 2 unspecified atom stereocenters. The van der Waals surface area contributed by atoms with Crippen molar-refractivity contribution in [2.75, 3.05) is 0 Å². The molecule has 0 aromatic rings. The van der Waals surface area contributed by atoms with Crippen LogP contribution in [0.15, 0.2) is 0 Å². The van der Waals surface area contributed by atoms with Gasteiger partial charge in [-0.25, -0.2) is 9.59 Å². The van der Waals surface area contributed by atoms with Gasteiger partial charge >= 0.3 is 53.4 Å². The van der Waals surface area contributed by atoms with Gasteiger partial charge in [0.1, 0.15) is 0 Å². The monoisotopic (exact) mass is 273 g/mol. The number of rotatable bonds is 8. The van der Waals surface area contributed by atoms with E-state index in [4.69, 9.17) is 20.4 Å². The van der Waals surface area contributed by atoms with Crippen molar-refractivity contribution in [3.8, 4) is 0 Å². The van der Waals surface area contributed by atoms with Crippen molar-refractivity contribution in [2.24, 2.45) is 0 Å². The third-order valence-electron chi connectivity index (χ3n) is 1.60. The third kappa shape index (κ3) is 8.01. The van der Waals surface area contributed by atoms with Crippen LogP contribution in [0, 0.1) is 0 Å². The molecule has 0 saturated heterocycles. The van der Waals surface area contributed by atoms with E-state index in [0.29, 0.717) is 0 Å². The van der Waals surface area contributed by atoms with Gasteiger partial charge in [-0.1, -0.05) is 0 Å². The van der Waals surface area contributed by atoms with Crippen molar-refractivity contribution >= 4 is 23.9 Å². The van der Waals surface area contributed by atoms with Gasteiger partial charge in [0.25, 0.3) is 0 Å². The molecule has 0 aliphatic rings. The fourth-order valence-electron chi connectivity index (χ4n) is 0.903. The Morgan fingerprint density at radius 2 is 1.06 bits per heavy atom. The van der Waals surface area contributed by atoms with E-state index < -0.39 is 48.9 Å². The molecule has 0 aromatic heterocycles. The molecule has 0 aromatic carbocycles. The Kier molecular flexibility index (Phi) is 9.45. The first-order chi connectivity index (χ1) is 7.73. The van der Waals surface area contributed by atoms with Crippen LogP contribution in [0.3, 0.4) is 0 Å². The average Bonchev–Trinajstić information content (AvgIpc) is 2.13. The van der Waals surface area contributed by atoms with Crippen LogP contribution in [0.25, 0.3) is 0 Å². The Labute approximate surface area is 123 Å². The molecule has 0 radical (unpaired) electrons. The van der Waals surface area contributed by atoms with Gasteiger partial charge in [0.05, 0.1) is 12.8 Å². The zero-order chi connectivity index (χ0) is 13.6. The molecular weight excluding hydrogens is 263 g/mol. The van der Waals surface area contributed by atoms with Gasteiger partial charge in [-0.15, -0.1) is 0 Å². The quantitative estimate of drug-likeness (QED) is 0.322. The minimum absolute atomic E-state index is 0. The largest absolute Gasteiger partial charge is 1.00 e. The van der Waals surface area contributed by atoms with Gasteiger partial charge in [-0.05, 0) is 0 Å². The Morgan fingerprint density at radius 1 is 0.778 bits per heavy atom. The molecule has 0 saturated carbocycles. The Morgan fingerprint density at radius 3 is 1.22 bits per heavy atom. The standard InChI is InChI=1S/C8H10O9.Na/c9-5(10)1-3(7(13)14)17-4(8(15)16)2-6(11)12;/h3-4H,1-2H2,(H,9,10)(H,11,12)(H,13,14)(H,15,16);/q;+1. The third-order valence-corrected chi connectivity index (χ3v) is 1.60. The van der Waals surface area contributed by atoms with E-state index in [2.05, 4.69) is 4.74 Å². The van der Waals surface area contributed by atoms with Crippen LogP contribution in [0.2, 0.25) is 0 Å². The van der Waals surface area contributed by atoms with Crippen LogP contribution in [-0.4, -0.2) is 56.5 Å². The Bertz CT molecular complexity index is 307. The fraction of sp³-hybridized carbons (Fsp3) is 0.500. The van der Waals surface area contributed by atoms with E-state index >= 15 is 0 Å². The second kappa shape index (κ2) is 8.86. The molecule has 0 aliphatic heterocycles. The summed E-state index contributed by atoms with van der Waals surface area (Å²) in [7, 11) is 0. The molecule has 0 fully saturated rings. The molecule has 9 nitrogen and oxygen atoms in total. The molecule has 0 heterocycles. The van der Waals surface area contributed by atoms with Crippen molar-refractivity contribution in [1.29, 1.82) is 0 Å². The number of carboxylic acid groups (broad SMARTS) is 4. The summed E-state index contributed by atoms with van der Waals surface area (Å²) in [6, 6.07) is 0. The minimum Gasteiger partial charge on any atom is -0.481 e. The zero-order valence-electron chi connectivity index (χ0n) is 9.40. The molecule has 0 bridgehead atoms. The van der Waals surface area contributed by atoms with Crippen molar-refractivity contribution < 1.29 is 73.9 Å². The van der Waals surface area contributed by atoms with E-state index in [0.717, 1.165) is 0 Å². The Hall–Kier alpha value is -1.16. The average molecular weight is 273 g/mol. The second-order valence-corrected chi connectivity index (χ2v) is 2.99. The SMILES string of the molecule is O=C(O)CC(OC(CC(=O)O)C(=O)O)C(=O)O.[Na+]. The molecule has 0 amide bonds. The molecule has 10 heteroatoms. The molecule has 4 N–H and O–H groups in total. The maximum atomic E-state index is 10.6. The summed E-state index contributed by atoms with van der Waals surface area (Å²) in [5.41, 5.74) is 0. The number of hydrogen-bond donors (Lipinski definition) is 4. The predicted molar refractivity (Wildman–Crippen MR) is 48.4 cm³/mol. The van der Waals surface area contributed by atoms with Gasteiger partial charge < -0.3 is 25.2 Å². The molecular formula is C8H10NaO9+. The first-order valence-corrected chi connectivity index (χ1v) is 4.28. The van der Waals surface area contributed by atoms with E-state index in [1.807, 2.05) is 0 Å². The zero-order valence-corrected chi connectivity index (χ0v) is 11.4. The minimum atomic E-state index is -1.91. The maximum absolute atomic E-state index is 10.6. The van der Waals surface area contributed by atoms with Crippen LogP contribution < -0.4 is 29.6 Å². The van der Waals surface area contributed by atoms with E-state index in [1.165, 1.54) is 0 Å². The maximum Gasteiger partial charge on any atom is 1.00 e. The van der Waals surface area contributed by atoms with E-state index in [-0.39, 0.29) is 29.6 Å². The van der Waals surface area contributed by atoms with E-state index in [9.17, 15) is 19.2 Å². The summed E-state index contributed by atoms with van der Waals surface area (Å²) >= 11 is 0. The summed E-state index contributed by atoms with van der Waals surface area (Å²) in [4.78, 5) is 41.7. The number of carbonyl (C=O) groups is 4. The summed E-state index contributed by atoms with van der Waals surface area (Å²) in [6.45, 7) is 0.